The molecule has 0 aromatic carbocycles. The quantitative estimate of drug-likeness (QED) is 0.292. The first kappa shape index (κ1) is 19.1. The molecule has 0 saturated heterocycles. The zero-order valence-corrected chi connectivity index (χ0v) is 13.3. The lowest BCUT2D eigenvalue weighted by atomic mass is 10.00. The summed E-state index contributed by atoms with van der Waals surface area (Å²) in [5.74, 6) is -2.09. The van der Waals surface area contributed by atoms with Crippen LogP contribution in [-0.4, -0.2) is 5.92 Å². The zero-order valence-electron chi connectivity index (χ0n) is 13.3. The van der Waals surface area contributed by atoms with E-state index in [4.69, 9.17) is 0 Å². The second kappa shape index (κ2) is 10.8. The predicted octanol–water partition coefficient (Wildman–Crippen LogP) is 6.70. The molecule has 0 spiro atoms. The maximum absolute atomic E-state index is 12.6. The normalized spacial score (nSPS) is 14.8. The summed E-state index contributed by atoms with van der Waals surface area (Å²) in [4.78, 5) is 0. The van der Waals surface area contributed by atoms with E-state index in [-0.39, 0.29) is 6.42 Å². The summed E-state index contributed by atoms with van der Waals surface area (Å²) in [6.45, 7) is 9.11. The van der Waals surface area contributed by atoms with Gasteiger partial charge in [0, 0.05) is 6.42 Å². The maximum Gasteiger partial charge on any atom is 0.245 e. The SMILES string of the molecule is C=CC(C)/C=C(/CC)CCCC/C=C\CCC(C)(F)F. The van der Waals surface area contributed by atoms with E-state index in [9.17, 15) is 8.78 Å². The topological polar surface area (TPSA) is 0 Å². The Hall–Kier alpha value is -0.920. The van der Waals surface area contributed by atoms with Gasteiger partial charge in [0.1, 0.15) is 0 Å². The Kier molecular flexibility index (Phi) is 10.3. The van der Waals surface area contributed by atoms with Crippen LogP contribution in [0.2, 0.25) is 0 Å². The molecule has 0 aliphatic rings. The minimum atomic E-state index is -2.53. The fourth-order valence-corrected chi connectivity index (χ4v) is 2.00. The highest BCUT2D eigenvalue weighted by molar-refractivity contribution is 5.06. The average molecular weight is 284 g/mol. The number of allylic oxidation sites excluding steroid dienone is 5. The Morgan fingerprint density at radius 1 is 1.20 bits per heavy atom. The van der Waals surface area contributed by atoms with Crippen LogP contribution >= 0.6 is 0 Å². The van der Waals surface area contributed by atoms with Crippen LogP contribution in [0.15, 0.2) is 36.5 Å². The second-order valence-electron chi connectivity index (χ2n) is 5.60. The van der Waals surface area contributed by atoms with Crippen LogP contribution in [0.25, 0.3) is 0 Å². The van der Waals surface area contributed by atoms with Gasteiger partial charge in [-0.3, -0.25) is 0 Å². The van der Waals surface area contributed by atoms with Crippen LogP contribution in [0, 0.1) is 5.92 Å². The fourth-order valence-electron chi connectivity index (χ4n) is 2.00. The standard InChI is InChI=1S/C18H30F2/c1-5-16(3)15-17(6-2)13-11-9-7-8-10-12-14-18(4,19)20/h5,8,10,15-16H,1,6-7,9,11-14H2,2-4H3/b10-8-,17-15-. The molecule has 116 valence electrons. The van der Waals surface area contributed by atoms with Crippen molar-refractivity contribution >= 4 is 0 Å². The van der Waals surface area contributed by atoms with E-state index in [1.807, 2.05) is 18.2 Å². The summed E-state index contributed by atoms with van der Waals surface area (Å²) in [6.07, 6.45) is 14.1. The highest BCUT2D eigenvalue weighted by Crippen LogP contribution is 2.19. The van der Waals surface area contributed by atoms with Crippen molar-refractivity contribution in [3.05, 3.63) is 36.5 Å². The van der Waals surface area contributed by atoms with E-state index < -0.39 is 5.92 Å². The lowest BCUT2D eigenvalue weighted by Crippen LogP contribution is -2.07. The average Bonchev–Trinajstić information content (AvgIpc) is 2.38. The third-order valence-corrected chi connectivity index (χ3v) is 3.36. The second-order valence-corrected chi connectivity index (χ2v) is 5.60. The van der Waals surface area contributed by atoms with E-state index in [0.717, 1.165) is 39.0 Å². The number of unbranched alkanes of at least 4 members (excludes halogenated alkanes) is 2. The predicted molar refractivity (Wildman–Crippen MR) is 85.2 cm³/mol. The van der Waals surface area contributed by atoms with Crippen molar-refractivity contribution < 1.29 is 8.78 Å². The number of halogens is 2. The molecule has 0 radical (unpaired) electrons. The largest absolute Gasteiger partial charge is 0.245 e. The van der Waals surface area contributed by atoms with Crippen molar-refractivity contribution in [1.29, 1.82) is 0 Å². The molecule has 20 heavy (non-hydrogen) atoms. The number of hydrogen-bond acceptors (Lipinski definition) is 0. The molecular weight excluding hydrogens is 254 g/mol. The van der Waals surface area contributed by atoms with Crippen LogP contribution in [0.1, 0.15) is 65.7 Å². The van der Waals surface area contributed by atoms with Crippen LogP contribution in [0.4, 0.5) is 8.78 Å². The van der Waals surface area contributed by atoms with Gasteiger partial charge >= 0.3 is 0 Å². The minimum absolute atomic E-state index is 0.0499. The summed E-state index contributed by atoms with van der Waals surface area (Å²) in [7, 11) is 0. The summed E-state index contributed by atoms with van der Waals surface area (Å²) in [6, 6.07) is 0. The van der Waals surface area contributed by atoms with Gasteiger partial charge in [-0.15, -0.1) is 6.58 Å². The highest BCUT2D eigenvalue weighted by atomic mass is 19.3. The molecule has 0 N–H and O–H groups in total. The molecule has 2 heteroatoms. The first-order valence-electron chi connectivity index (χ1n) is 7.74. The molecule has 1 unspecified atom stereocenters. The monoisotopic (exact) mass is 284 g/mol. The molecule has 0 saturated carbocycles. The molecule has 0 rings (SSSR count). The Morgan fingerprint density at radius 2 is 1.85 bits per heavy atom. The van der Waals surface area contributed by atoms with Gasteiger partial charge in [0.15, 0.2) is 0 Å². The van der Waals surface area contributed by atoms with E-state index in [1.54, 1.807) is 0 Å². The summed E-state index contributed by atoms with van der Waals surface area (Å²) in [5, 5.41) is 0. The molecule has 0 aromatic heterocycles. The van der Waals surface area contributed by atoms with Gasteiger partial charge in [-0.1, -0.05) is 43.7 Å². The molecule has 0 fully saturated rings. The van der Waals surface area contributed by atoms with Gasteiger partial charge in [0.2, 0.25) is 5.92 Å². The number of rotatable bonds is 11. The Balaban J connectivity index is 3.72. The lowest BCUT2D eigenvalue weighted by Gasteiger charge is -2.07. The van der Waals surface area contributed by atoms with Crippen molar-refractivity contribution in [2.75, 3.05) is 0 Å². The molecular formula is C18H30F2. The van der Waals surface area contributed by atoms with E-state index >= 15 is 0 Å². The minimum Gasteiger partial charge on any atom is -0.207 e. The van der Waals surface area contributed by atoms with Gasteiger partial charge in [-0.25, -0.2) is 8.78 Å². The number of alkyl halides is 2. The van der Waals surface area contributed by atoms with Crippen molar-refractivity contribution in [1.82, 2.24) is 0 Å². The Labute approximate surface area is 123 Å². The molecule has 0 heterocycles. The van der Waals surface area contributed by atoms with Gasteiger partial charge in [0.05, 0.1) is 0 Å². The Bertz CT molecular complexity index is 308. The molecule has 0 aliphatic heterocycles. The third kappa shape index (κ3) is 12.1. The van der Waals surface area contributed by atoms with Gasteiger partial charge < -0.3 is 0 Å². The highest BCUT2D eigenvalue weighted by Gasteiger charge is 2.18. The van der Waals surface area contributed by atoms with Gasteiger partial charge in [0.25, 0.3) is 0 Å². The molecule has 0 aromatic rings. The van der Waals surface area contributed by atoms with Crippen LogP contribution < -0.4 is 0 Å². The van der Waals surface area contributed by atoms with E-state index in [2.05, 4.69) is 26.5 Å². The molecule has 0 nitrogen and oxygen atoms in total. The first-order valence-corrected chi connectivity index (χ1v) is 7.74. The molecule has 0 amide bonds. The maximum atomic E-state index is 12.6. The summed E-state index contributed by atoms with van der Waals surface area (Å²) < 4.78 is 25.1. The molecule has 1 atom stereocenters. The van der Waals surface area contributed by atoms with Crippen molar-refractivity contribution in [3.8, 4) is 0 Å². The first-order chi connectivity index (χ1) is 9.39. The van der Waals surface area contributed by atoms with Crippen molar-refractivity contribution in [2.24, 2.45) is 5.92 Å². The third-order valence-electron chi connectivity index (χ3n) is 3.36. The summed E-state index contributed by atoms with van der Waals surface area (Å²) in [5.41, 5.74) is 1.49. The number of hydrogen-bond donors (Lipinski definition) is 0. The van der Waals surface area contributed by atoms with Crippen molar-refractivity contribution in [2.45, 2.75) is 71.6 Å². The van der Waals surface area contributed by atoms with E-state index in [1.165, 1.54) is 5.57 Å². The summed E-state index contributed by atoms with van der Waals surface area (Å²) >= 11 is 0. The van der Waals surface area contributed by atoms with Crippen LogP contribution in [0.3, 0.4) is 0 Å². The Morgan fingerprint density at radius 3 is 2.40 bits per heavy atom. The van der Waals surface area contributed by atoms with Crippen LogP contribution in [-0.2, 0) is 0 Å². The van der Waals surface area contributed by atoms with Crippen LogP contribution in [0.5, 0.6) is 0 Å². The lowest BCUT2D eigenvalue weighted by molar-refractivity contribution is 0.0140. The van der Waals surface area contributed by atoms with Crippen molar-refractivity contribution in [3.63, 3.8) is 0 Å². The van der Waals surface area contributed by atoms with Gasteiger partial charge in [-0.05, 0) is 51.4 Å². The molecule has 0 bridgehead atoms. The van der Waals surface area contributed by atoms with Gasteiger partial charge in [-0.2, -0.15) is 0 Å². The zero-order chi connectivity index (χ0) is 15.4. The fraction of sp³-hybridized carbons (Fsp3) is 0.667. The molecule has 0 aliphatic carbocycles. The van der Waals surface area contributed by atoms with E-state index in [0.29, 0.717) is 12.3 Å². The smallest absolute Gasteiger partial charge is 0.207 e.